The molecule has 0 aromatic heterocycles. The zero-order chi connectivity index (χ0) is 18.0. The smallest absolute Gasteiger partial charge is 0.309 e. The summed E-state index contributed by atoms with van der Waals surface area (Å²) >= 11 is 5.87. The fraction of sp³-hybridized carbons (Fsp3) is 0.500. The number of imide groups is 1. The van der Waals surface area contributed by atoms with Crippen molar-refractivity contribution >= 4 is 35.1 Å². The van der Waals surface area contributed by atoms with Crippen LogP contribution in [-0.4, -0.2) is 48.4 Å². The number of piperidine rings is 1. The van der Waals surface area contributed by atoms with Crippen molar-refractivity contribution in [3.05, 3.63) is 29.3 Å². The Morgan fingerprint density at radius 3 is 2.44 bits per heavy atom. The topological polar surface area (TPSA) is 66.9 Å². The second-order valence-electron chi connectivity index (χ2n) is 6.33. The Kier molecular flexibility index (Phi) is 5.39. The predicted molar refractivity (Wildman–Crippen MR) is 93.3 cm³/mol. The number of hydrogen-bond acceptors (Lipinski definition) is 5. The van der Waals surface area contributed by atoms with Crippen LogP contribution in [-0.2, 0) is 19.1 Å². The van der Waals surface area contributed by atoms with Crippen LogP contribution in [0.5, 0.6) is 0 Å². The van der Waals surface area contributed by atoms with Gasteiger partial charge < -0.3 is 4.74 Å². The van der Waals surface area contributed by atoms with E-state index < -0.39 is 6.04 Å². The number of halogens is 1. The van der Waals surface area contributed by atoms with Crippen molar-refractivity contribution in [1.29, 1.82) is 0 Å². The molecule has 1 atom stereocenters. The van der Waals surface area contributed by atoms with E-state index in [0.29, 0.717) is 43.2 Å². The van der Waals surface area contributed by atoms with E-state index >= 15 is 0 Å². The number of ether oxygens (including phenoxy) is 1. The van der Waals surface area contributed by atoms with E-state index in [1.165, 1.54) is 4.90 Å². The van der Waals surface area contributed by atoms with Crippen LogP contribution in [0.3, 0.4) is 0 Å². The third-order valence-corrected chi connectivity index (χ3v) is 5.05. The summed E-state index contributed by atoms with van der Waals surface area (Å²) in [4.78, 5) is 40.2. The van der Waals surface area contributed by atoms with Crippen molar-refractivity contribution in [1.82, 2.24) is 4.90 Å². The van der Waals surface area contributed by atoms with E-state index in [9.17, 15) is 14.4 Å². The summed E-state index contributed by atoms with van der Waals surface area (Å²) in [6, 6.07) is 6.22. The first-order valence-electron chi connectivity index (χ1n) is 8.54. The highest BCUT2D eigenvalue weighted by atomic mass is 35.5. The van der Waals surface area contributed by atoms with Crippen molar-refractivity contribution in [2.75, 3.05) is 24.6 Å². The minimum absolute atomic E-state index is 0.115. The van der Waals surface area contributed by atoms with Gasteiger partial charge in [-0.1, -0.05) is 11.6 Å². The molecule has 6 nitrogen and oxygen atoms in total. The zero-order valence-corrected chi connectivity index (χ0v) is 14.9. The zero-order valence-electron chi connectivity index (χ0n) is 14.1. The summed E-state index contributed by atoms with van der Waals surface area (Å²) in [5.74, 6) is -0.693. The van der Waals surface area contributed by atoms with Gasteiger partial charge in [-0.2, -0.15) is 0 Å². The molecule has 134 valence electrons. The fourth-order valence-corrected chi connectivity index (χ4v) is 3.60. The van der Waals surface area contributed by atoms with Gasteiger partial charge in [-0.05, 0) is 57.1 Å². The van der Waals surface area contributed by atoms with Gasteiger partial charge in [0.25, 0.3) is 5.91 Å². The van der Waals surface area contributed by atoms with Gasteiger partial charge in [-0.3, -0.25) is 19.3 Å². The number of hydrogen-bond donors (Lipinski definition) is 0. The van der Waals surface area contributed by atoms with Gasteiger partial charge in [0.15, 0.2) is 0 Å². The Hall–Kier alpha value is -1.92. The molecule has 7 heteroatoms. The minimum atomic E-state index is -0.452. The Labute approximate surface area is 151 Å². The van der Waals surface area contributed by atoms with E-state index in [-0.39, 0.29) is 30.1 Å². The molecule has 0 radical (unpaired) electrons. The Balaban J connectivity index is 1.65. The van der Waals surface area contributed by atoms with E-state index in [2.05, 4.69) is 0 Å². The normalized spacial score (nSPS) is 22.5. The number of benzene rings is 1. The molecule has 0 aliphatic carbocycles. The summed E-state index contributed by atoms with van der Waals surface area (Å²) < 4.78 is 5.07. The first kappa shape index (κ1) is 17.9. The number of amides is 2. The molecule has 0 N–H and O–H groups in total. The quantitative estimate of drug-likeness (QED) is 0.605. The van der Waals surface area contributed by atoms with Gasteiger partial charge >= 0.3 is 5.97 Å². The third kappa shape index (κ3) is 3.70. The van der Waals surface area contributed by atoms with Crippen molar-refractivity contribution in [3.8, 4) is 0 Å². The molecule has 0 spiro atoms. The maximum absolute atomic E-state index is 12.8. The molecule has 3 rings (SSSR count). The van der Waals surface area contributed by atoms with Crippen molar-refractivity contribution < 1.29 is 19.1 Å². The molecule has 1 aromatic rings. The van der Waals surface area contributed by atoms with Gasteiger partial charge in [0, 0.05) is 5.02 Å². The number of anilines is 1. The summed E-state index contributed by atoms with van der Waals surface area (Å²) in [7, 11) is 0. The minimum Gasteiger partial charge on any atom is -0.466 e. The maximum atomic E-state index is 12.8. The largest absolute Gasteiger partial charge is 0.466 e. The number of esters is 1. The SMILES string of the molecule is CCOC(=O)C1CCN(C2CC(=O)N(c3ccc(Cl)cc3)C2=O)CC1. The Bertz CT molecular complexity index is 668. The molecule has 2 amide bonds. The van der Waals surface area contributed by atoms with E-state index in [4.69, 9.17) is 16.3 Å². The van der Waals surface area contributed by atoms with Crippen LogP contribution in [0.2, 0.25) is 5.02 Å². The summed E-state index contributed by atoms with van der Waals surface area (Å²) in [6.07, 6.45) is 1.47. The van der Waals surface area contributed by atoms with Crippen LogP contribution >= 0.6 is 11.6 Å². The first-order chi connectivity index (χ1) is 12.0. The van der Waals surface area contributed by atoms with Crippen LogP contribution in [0.4, 0.5) is 5.69 Å². The summed E-state index contributed by atoms with van der Waals surface area (Å²) in [5.41, 5.74) is 0.545. The molecule has 1 aromatic carbocycles. The van der Waals surface area contributed by atoms with Gasteiger partial charge in [-0.25, -0.2) is 4.90 Å². The van der Waals surface area contributed by atoms with E-state index in [0.717, 1.165) is 0 Å². The highest BCUT2D eigenvalue weighted by Gasteiger charge is 2.43. The average molecular weight is 365 g/mol. The van der Waals surface area contributed by atoms with Crippen LogP contribution in [0.1, 0.15) is 26.2 Å². The summed E-state index contributed by atoms with van der Waals surface area (Å²) in [5, 5.41) is 0.556. The molecular weight excluding hydrogens is 344 g/mol. The van der Waals surface area contributed by atoms with Crippen LogP contribution in [0.15, 0.2) is 24.3 Å². The molecule has 2 aliphatic heterocycles. The monoisotopic (exact) mass is 364 g/mol. The number of nitrogens with zero attached hydrogens (tertiary/aromatic N) is 2. The van der Waals surface area contributed by atoms with Gasteiger partial charge in [0.1, 0.15) is 0 Å². The number of carbonyl (C=O) groups is 3. The Morgan fingerprint density at radius 1 is 1.20 bits per heavy atom. The number of carbonyl (C=O) groups excluding carboxylic acids is 3. The molecule has 1 unspecified atom stereocenters. The summed E-state index contributed by atoms with van der Waals surface area (Å²) in [6.45, 7) is 3.40. The molecule has 2 aliphatic rings. The molecule has 0 saturated carbocycles. The number of likely N-dealkylation sites (tertiary alicyclic amines) is 1. The molecule has 2 fully saturated rings. The lowest BCUT2D eigenvalue weighted by Gasteiger charge is -2.33. The van der Waals surface area contributed by atoms with Crippen LogP contribution in [0.25, 0.3) is 0 Å². The lowest BCUT2D eigenvalue weighted by atomic mass is 9.95. The average Bonchev–Trinajstić information content (AvgIpc) is 2.91. The van der Waals surface area contributed by atoms with Crippen molar-refractivity contribution in [3.63, 3.8) is 0 Å². The lowest BCUT2D eigenvalue weighted by Crippen LogP contribution is -2.47. The first-order valence-corrected chi connectivity index (χ1v) is 8.92. The Morgan fingerprint density at radius 2 is 1.84 bits per heavy atom. The van der Waals surface area contributed by atoms with Gasteiger partial charge in [0.05, 0.1) is 30.7 Å². The second-order valence-corrected chi connectivity index (χ2v) is 6.76. The molecule has 0 bridgehead atoms. The van der Waals surface area contributed by atoms with Crippen molar-refractivity contribution in [2.24, 2.45) is 5.92 Å². The second kappa shape index (κ2) is 7.54. The van der Waals surface area contributed by atoms with E-state index in [1.807, 2.05) is 4.90 Å². The molecular formula is C18H21ClN2O4. The van der Waals surface area contributed by atoms with Crippen LogP contribution in [0, 0.1) is 5.92 Å². The fourth-order valence-electron chi connectivity index (χ4n) is 3.47. The molecule has 2 heterocycles. The lowest BCUT2D eigenvalue weighted by molar-refractivity contribution is -0.149. The maximum Gasteiger partial charge on any atom is 0.309 e. The molecule has 2 saturated heterocycles. The predicted octanol–water partition coefficient (Wildman–Crippen LogP) is 2.25. The van der Waals surface area contributed by atoms with Gasteiger partial charge in [-0.15, -0.1) is 0 Å². The molecule has 25 heavy (non-hydrogen) atoms. The van der Waals surface area contributed by atoms with Gasteiger partial charge in [0.2, 0.25) is 5.91 Å². The van der Waals surface area contributed by atoms with E-state index in [1.54, 1.807) is 31.2 Å². The van der Waals surface area contributed by atoms with Crippen molar-refractivity contribution in [2.45, 2.75) is 32.2 Å². The third-order valence-electron chi connectivity index (χ3n) is 4.80. The van der Waals surface area contributed by atoms with Crippen LogP contribution < -0.4 is 4.90 Å². The highest BCUT2D eigenvalue weighted by Crippen LogP contribution is 2.29. The number of rotatable bonds is 4. The highest BCUT2D eigenvalue weighted by molar-refractivity contribution is 6.30. The standard InChI is InChI=1S/C18H21ClN2O4/c1-2-25-18(24)12-7-9-20(10-8-12)15-11-16(22)21(17(15)23)14-5-3-13(19)4-6-14/h3-6,12,15H,2,7-11H2,1H3.